The molecule has 0 aromatic heterocycles. The minimum atomic E-state index is -0.0167. The molecule has 0 aliphatic heterocycles. The predicted molar refractivity (Wildman–Crippen MR) is 95.2 cm³/mol. The molecule has 2 N–H and O–H groups in total. The number of rotatable bonds is 6. The van der Waals surface area contributed by atoms with Gasteiger partial charge in [-0.05, 0) is 35.5 Å². The fourth-order valence-corrected chi connectivity index (χ4v) is 2.35. The van der Waals surface area contributed by atoms with Crippen molar-refractivity contribution in [1.82, 2.24) is 10.6 Å². The van der Waals surface area contributed by atoms with E-state index in [4.69, 9.17) is 17.0 Å². The summed E-state index contributed by atoms with van der Waals surface area (Å²) in [6.07, 6.45) is 1.78. The fraction of sp³-hybridized carbons (Fsp3) is 0.167. The van der Waals surface area contributed by atoms with Gasteiger partial charge >= 0.3 is 0 Å². The maximum absolute atomic E-state index is 5.35. The van der Waals surface area contributed by atoms with Crippen LogP contribution in [0.3, 0.4) is 0 Å². The van der Waals surface area contributed by atoms with E-state index in [0.717, 1.165) is 16.9 Å². The third-order valence-corrected chi connectivity index (χ3v) is 3.53. The van der Waals surface area contributed by atoms with Crippen molar-refractivity contribution in [2.75, 3.05) is 13.7 Å². The minimum absolute atomic E-state index is 0.0167. The summed E-state index contributed by atoms with van der Waals surface area (Å²) < 4.78 is 5.22. The summed E-state index contributed by atoms with van der Waals surface area (Å²) >= 11 is 5.35. The Morgan fingerprint density at radius 2 is 1.77 bits per heavy atom. The Morgan fingerprint density at radius 1 is 1.14 bits per heavy atom. The summed E-state index contributed by atoms with van der Waals surface area (Å²) in [6.45, 7) is 4.32. The summed E-state index contributed by atoms with van der Waals surface area (Å²) in [6, 6.07) is 18.2. The molecule has 1 atom stereocenters. The average Bonchev–Trinajstić information content (AvgIpc) is 2.59. The van der Waals surface area contributed by atoms with E-state index in [9.17, 15) is 0 Å². The molecule has 0 spiro atoms. The molecule has 0 heterocycles. The maximum atomic E-state index is 5.35. The molecular formula is C18H20N2OS. The van der Waals surface area contributed by atoms with Crippen LogP contribution in [0.2, 0.25) is 0 Å². The summed E-state index contributed by atoms with van der Waals surface area (Å²) in [5.41, 5.74) is 2.27. The Hall–Kier alpha value is -2.33. The first kappa shape index (κ1) is 16.0. The van der Waals surface area contributed by atoms with E-state index >= 15 is 0 Å². The van der Waals surface area contributed by atoms with Crippen LogP contribution in [-0.4, -0.2) is 18.8 Å². The molecule has 3 nitrogen and oxygen atoms in total. The molecule has 2 aromatic carbocycles. The van der Waals surface area contributed by atoms with Crippen LogP contribution in [0.4, 0.5) is 0 Å². The molecule has 0 aliphatic rings. The lowest BCUT2D eigenvalue weighted by Gasteiger charge is -2.22. The van der Waals surface area contributed by atoms with Gasteiger partial charge in [-0.3, -0.25) is 0 Å². The number of hydrogen-bond donors (Lipinski definition) is 2. The quantitative estimate of drug-likeness (QED) is 0.632. The first-order chi connectivity index (χ1) is 10.7. The van der Waals surface area contributed by atoms with Crippen molar-refractivity contribution in [3.63, 3.8) is 0 Å². The second-order valence-corrected chi connectivity index (χ2v) is 5.17. The zero-order valence-electron chi connectivity index (χ0n) is 12.6. The lowest BCUT2D eigenvalue weighted by Crippen LogP contribution is -2.38. The molecule has 0 bridgehead atoms. The second kappa shape index (κ2) is 8.20. The van der Waals surface area contributed by atoms with Crippen LogP contribution in [0.25, 0.3) is 0 Å². The number of hydrogen-bond acceptors (Lipinski definition) is 2. The summed E-state index contributed by atoms with van der Waals surface area (Å²) in [7, 11) is 1.66. The van der Waals surface area contributed by atoms with E-state index in [1.807, 2.05) is 42.5 Å². The SMILES string of the molecule is C=CCNC(=S)N[C@@H](c1ccccc1)c1ccc(OC)cc1. The van der Waals surface area contributed by atoms with Crippen molar-refractivity contribution >= 4 is 17.3 Å². The molecule has 0 saturated heterocycles. The van der Waals surface area contributed by atoms with Gasteiger partial charge in [0.1, 0.15) is 5.75 Å². The zero-order chi connectivity index (χ0) is 15.8. The molecule has 0 radical (unpaired) electrons. The van der Waals surface area contributed by atoms with E-state index in [0.29, 0.717) is 11.7 Å². The Bertz CT molecular complexity index is 611. The van der Waals surface area contributed by atoms with Crippen molar-refractivity contribution in [3.05, 3.63) is 78.4 Å². The molecule has 0 saturated carbocycles. The van der Waals surface area contributed by atoms with Gasteiger partial charge in [-0.15, -0.1) is 6.58 Å². The lowest BCUT2D eigenvalue weighted by atomic mass is 9.99. The van der Waals surface area contributed by atoms with E-state index in [2.05, 4.69) is 29.3 Å². The Morgan fingerprint density at radius 3 is 2.36 bits per heavy atom. The van der Waals surface area contributed by atoms with Crippen LogP contribution >= 0.6 is 12.2 Å². The maximum Gasteiger partial charge on any atom is 0.167 e. The highest BCUT2D eigenvalue weighted by Crippen LogP contribution is 2.24. The molecule has 0 unspecified atom stereocenters. The highest BCUT2D eigenvalue weighted by Gasteiger charge is 2.14. The van der Waals surface area contributed by atoms with Crippen LogP contribution in [-0.2, 0) is 0 Å². The summed E-state index contributed by atoms with van der Waals surface area (Å²) in [5, 5.41) is 7.06. The van der Waals surface area contributed by atoms with E-state index in [-0.39, 0.29) is 6.04 Å². The Balaban J connectivity index is 2.24. The van der Waals surface area contributed by atoms with Crippen molar-refractivity contribution < 1.29 is 4.74 Å². The van der Waals surface area contributed by atoms with Gasteiger partial charge < -0.3 is 15.4 Å². The third-order valence-electron chi connectivity index (χ3n) is 3.26. The van der Waals surface area contributed by atoms with Crippen LogP contribution in [0.1, 0.15) is 17.2 Å². The molecule has 0 amide bonds. The van der Waals surface area contributed by atoms with Crippen LogP contribution in [0, 0.1) is 0 Å². The van der Waals surface area contributed by atoms with Gasteiger partial charge in [-0.1, -0.05) is 48.5 Å². The normalized spacial score (nSPS) is 11.3. The molecule has 0 fully saturated rings. The number of benzene rings is 2. The van der Waals surface area contributed by atoms with Gasteiger partial charge in [-0.25, -0.2) is 0 Å². The second-order valence-electron chi connectivity index (χ2n) is 4.76. The molecule has 2 rings (SSSR count). The first-order valence-corrected chi connectivity index (χ1v) is 7.49. The van der Waals surface area contributed by atoms with Crippen molar-refractivity contribution in [1.29, 1.82) is 0 Å². The standard InChI is InChI=1S/C18H20N2OS/c1-3-13-19-18(22)20-17(14-7-5-4-6-8-14)15-9-11-16(21-2)12-10-15/h3-12,17H,1,13H2,2H3,(H2,19,20,22)/t17-/m0/s1. The molecular weight excluding hydrogens is 292 g/mol. The van der Waals surface area contributed by atoms with Gasteiger partial charge in [-0.2, -0.15) is 0 Å². The monoisotopic (exact) mass is 312 g/mol. The minimum Gasteiger partial charge on any atom is -0.497 e. The van der Waals surface area contributed by atoms with Gasteiger partial charge in [0.15, 0.2) is 5.11 Å². The van der Waals surface area contributed by atoms with Crippen LogP contribution in [0.15, 0.2) is 67.3 Å². The largest absolute Gasteiger partial charge is 0.497 e. The Labute approximate surface area is 137 Å². The van der Waals surface area contributed by atoms with Gasteiger partial charge in [0.2, 0.25) is 0 Å². The number of ether oxygens (including phenoxy) is 1. The Kier molecular flexibility index (Phi) is 5.98. The molecule has 114 valence electrons. The predicted octanol–water partition coefficient (Wildman–Crippen LogP) is 3.43. The van der Waals surface area contributed by atoms with E-state index in [1.54, 1.807) is 13.2 Å². The van der Waals surface area contributed by atoms with Gasteiger partial charge in [0.05, 0.1) is 13.2 Å². The number of methoxy groups -OCH3 is 1. The van der Waals surface area contributed by atoms with E-state index in [1.165, 1.54) is 0 Å². The topological polar surface area (TPSA) is 33.3 Å². The molecule has 0 aliphatic carbocycles. The smallest absolute Gasteiger partial charge is 0.167 e. The van der Waals surface area contributed by atoms with Crippen LogP contribution in [0.5, 0.6) is 5.75 Å². The highest BCUT2D eigenvalue weighted by atomic mass is 32.1. The highest BCUT2D eigenvalue weighted by molar-refractivity contribution is 7.80. The average molecular weight is 312 g/mol. The van der Waals surface area contributed by atoms with Crippen LogP contribution < -0.4 is 15.4 Å². The summed E-state index contributed by atoms with van der Waals surface area (Å²) in [5.74, 6) is 0.836. The molecule has 2 aromatic rings. The fourth-order valence-electron chi connectivity index (χ4n) is 2.15. The zero-order valence-corrected chi connectivity index (χ0v) is 13.4. The molecule has 22 heavy (non-hydrogen) atoms. The van der Waals surface area contributed by atoms with Crippen molar-refractivity contribution in [2.24, 2.45) is 0 Å². The summed E-state index contributed by atoms with van der Waals surface area (Å²) in [4.78, 5) is 0. The lowest BCUT2D eigenvalue weighted by molar-refractivity contribution is 0.414. The van der Waals surface area contributed by atoms with Gasteiger partial charge in [0.25, 0.3) is 0 Å². The van der Waals surface area contributed by atoms with Crippen molar-refractivity contribution in [3.8, 4) is 5.75 Å². The van der Waals surface area contributed by atoms with Crippen molar-refractivity contribution in [2.45, 2.75) is 6.04 Å². The number of nitrogens with one attached hydrogen (secondary N) is 2. The van der Waals surface area contributed by atoms with E-state index < -0.39 is 0 Å². The third kappa shape index (κ3) is 4.33. The van der Waals surface area contributed by atoms with Gasteiger partial charge in [0, 0.05) is 6.54 Å². The first-order valence-electron chi connectivity index (χ1n) is 7.08. The number of thiocarbonyl (C=S) groups is 1. The molecule has 4 heteroatoms.